The zero-order valence-corrected chi connectivity index (χ0v) is 16.4. The molecular formula is C21H25ClN4O. The third-order valence-electron chi connectivity index (χ3n) is 5.10. The SMILES string of the molecule is CN1CCN(Cc2nc3ccccc3n2CCOc2ccccc2Cl)CC1. The Morgan fingerprint density at radius 1 is 1.00 bits per heavy atom. The summed E-state index contributed by atoms with van der Waals surface area (Å²) in [5.74, 6) is 1.83. The minimum atomic E-state index is 0.555. The number of aromatic nitrogens is 2. The minimum Gasteiger partial charge on any atom is -0.490 e. The molecule has 0 radical (unpaired) electrons. The van der Waals surface area contributed by atoms with Gasteiger partial charge in [-0.25, -0.2) is 4.98 Å². The van der Waals surface area contributed by atoms with Gasteiger partial charge in [0.1, 0.15) is 18.2 Å². The van der Waals surface area contributed by atoms with Crippen molar-refractivity contribution in [2.24, 2.45) is 0 Å². The second-order valence-corrected chi connectivity index (χ2v) is 7.43. The highest BCUT2D eigenvalue weighted by molar-refractivity contribution is 6.32. The van der Waals surface area contributed by atoms with Crippen molar-refractivity contribution in [2.45, 2.75) is 13.1 Å². The van der Waals surface area contributed by atoms with E-state index in [4.69, 9.17) is 21.3 Å². The molecule has 0 unspecified atom stereocenters. The fraction of sp³-hybridized carbons (Fsp3) is 0.381. The van der Waals surface area contributed by atoms with Gasteiger partial charge in [0.2, 0.25) is 0 Å². The van der Waals surface area contributed by atoms with Gasteiger partial charge in [0, 0.05) is 26.2 Å². The lowest BCUT2D eigenvalue weighted by molar-refractivity contribution is 0.144. The average Bonchev–Trinajstić information content (AvgIpc) is 3.02. The van der Waals surface area contributed by atoms with Crippen LogP contribution in [0.25, 0.3) is 11.0 Å². The lowest BCUT2D eigenvalue weighted by Crippen LogP contribution is -2.44. The van der Waals surface area contributed by atoms with Crippen LogP contribution >= 0.6 is 11.6 Å². The Morgan fingerprint density at radius 3 is 2.56 bits per heavy atom. The van der Waals surface area contributed by atoms with Crippen LogP contribution in [-0.2, 0) is 13.1 Å². The highest BCUT2D eigenvalue weighted by Crippen LogP contribution is 2.23. The molecule has 27 heavy (non-hydrogen) atoms. The first-order valence-corrected chi connectivity index (χ1v) is 9.81. The summed E-state index contributed by atoms with van der Waals surface area (Å²) in [4.78, 5) is 9.75. The Balaban J connectivity index is 1.50. The molecule has 1 fully saturated rings. The standard InChI is InChI=1S/C21H25ClN4O/c1-24-10-12-25(13-11-24)16-21-23-18-7-3-4-8-19(18)26(21)14-15-27-20-9-5-2-6-17(20)22/h2-9H,10-16H2,1H3. The van der Waals surface area contributed by atoms with Gasteiger partial charge in [-0.1, -0.05) is 35.9 Å². The molecule has 0 aliphatic carbocycles. The summed E-state index contributed by atoms with van der Waals surface area (Å²) in [6, 6.07) is 15.9. The van der Waals surface area contributed by atoms with E-state index >= 15 is 0 Å². The van der Waals surface area contributed by atoms with Crippen molar-refractivity contribution in [3.05, 3.63) is 59.4 Å². The zero-order valence-electron chi connectivity index (χ0n) is 15.6. The van der Waals surface area contributed by atoms with Crippen LogP contribution in [0.2, 0.25) is 5.02 Å². The van der Waals surface area contributed by atoms with E-state index < -0.39 is 0 Å². The first kappa shape index (κ1) is 18.3. The third-order valence-corrected chi connectivity index (χ3v) is 5.42. The number of hydrogen-bond donors (Lipinski definition) is 0. The lowest BCUT2D eigenvalue weighted by Gasteiger charge is -2.32. The van der Waals surface area contributed by atoms with E-state index in [-0.39, 0.29) is 0 Å². The van der Waals surface area contributed by atoms with Crippen molar-refractivity contribution in [3.63, 3.8) is 0 Å². The number of fused-ring (bicyclic) bond motifs is 1. The highest BCUT2D eigenvalue weighted by Gasteiger charge is 2.18. The molecule has 5 nitrogen and oxygen atoms in total. The Bertz CT molecular complexity index is 902. The van der Waals surface area contributed by atoms with Crippen LogP contribution in [0.4, 0.5) is 0 Å². The zero-order chi connectivity index (χ0) is 18.6. The van der Waals surface area contributed by atoms with Gasteiger partial charge < -0.3 is 14.2 Å². The van der Waals surface area contributed by atoms with Crippen LogP contribution in [0.3, 0.4) is 0 Å². The maximum absolute atomic E-state index is 6.20. The number of nitrogens with zero attached hydrogens (tertiary/aromatic N) is 4. The van der Waals surface area contributed by atoms with Gasteiger partial charge in [-0.2, -0.15) is 0 Å². The van der Waals surface area contributed by atoms with Gasteiger partial charge >= 0.3 is 0 Å². The molecule has 3 aromatic rings. The fourth-order valence-corrected chi connectivity index (χ4v) is 3.70. The largest absolute Gasteiger partial charge is 0.490 e. The molecule has 1 aliphatic heterocycles. The van der Waals surface area contributed by atoms with Gasteiger partial charge in [0.05, 0.1) is 29.1 Å². The number of para-hydroxylation sites is 3. The minimum absolute atomic E-state index is 0.555. The monoisotopic (exact) mass is 384 g/mol. The molecule has 142 valence electrons. The number of rotatable bonds is 6. The second kappa shape index (κ2) is 8.30. The molecule has 1 aliphatic rings. The summed E-state index contributed by atoms with van der Waals surface area (Å²) in [5.41, 5.74) is 2.20. The van der Waals surface area contributed by atoms with Gasteiger partial charge in [0.15, 0.2) is 0 Å². The summed E-state index contributed by atoms with van der Waals surface area (Å²) in [5, 5.41) is 0.644. The molecule has 1 aromatic heterocycles. The maximum Gasteiger partial charge on any atom is 0.137 e. The van der Waals surface area contributed by atoms with Gasteiger partial charge in [0.25, 0.3) is 0 Å². The molecular weight excluding hydrogens is 360 g/mol. The number of halogens is 1. The molecule has 1 saturated heterocycles. The number of hydrogen-bond acceptors (Lipinski definition) is 4. The summed E-state index contributed by atoms with van der Waals surface area (Å²) < 4.78 is 8.20. The number of ether oxygens (including phenoxy) is 1. The van der Waals surface area contributed by atoms with E-state index in [1.807, 2.05) is 30.3 Å². The van der Waals surface area contributed by atoms with Gasteiger partial charge in [-0.15, -0.1) is 0 Å². The van der Waals surface area contributed by atoms with E-state index in [1.54, 1.807) is 0 Å². The number of imidazole rings is 1. The number of piperazine rings is 1. The number of likely N-dealkylation sites (N-methyl/N-ethyl adjacent to an activating group) is 1. The van der Waals surface area contributed by atoms with Crippen LogP contribution in [0.15, 0.2) is 48.5 Å². The molecule has 0 bridgehead atoms. The molecule has 0 amide bonds. The Morgan fingerprint density at radius 2 is 1.74 bits per heavy atom. The van der Waals surface area contributed by atoms with E-state index in [0.29, 0.717) is 11.6 Å². The third kappa shape index (κ3) is 4.26. The Labute approximate surface area is 165 Å². The van der Waals surface area contributed by atoms with E-state index in [2.05, 4.69) is 39.6 Å². The topological polar surface area (TPSA) is 33.5 Å². The van der Waals surface area contributed by atoms with Gasteiger partial charge in [-0.05, 0) is 31.3 Å². The van der Waals surface area contributed by atoms with Crippen LogP contribution in [0, 0.1) is 0 Å². The predicted octanol–water partition coefficient (Wildman–Crippen LogP) is 3.52. The smallest absolute Gasteiger partial charge is 0.137 e. The van der Waals surface area contributed by atoms with Crippen molar-refractivity contribution in [2.75, 3.05) is 39.8 Å². The van der Waals surface area contributed by atoms with Crippen molar-refractivity contribution in [3.8, 4) is 5.75 Å². The molecule has 0 saturated carbocycles. The summed E-state index contributed by atoms with van der Waals surface area (Å²) >= 11 is 6.20. The molecule has 6 heteroatoms. The van der Waals surface area contributed by atoms with Crippen molar-refractivity contribution in [1.82, 2.24) is 19.4 Å². The maximum atomic E-state index is 6.20. The van der Waals surface area contributed by atoms with Crippen LogP contribution in [0.1, 0.15) is 5.82 Å². The van der Waals surface area contributed by atoms with Crippen LogP contribution < -0.4 is 4.74 Å². The average molecular weight is 385 g/mol. The van der Waals surface area contributed by atoms with Crippen molar-refractivity contribution in [1.29, 1.82) is 0 Å². The molecule has 0 N–H and O–H groups in total. The summed E-state index contributed by atoms with van der Waals surface area (Å²) in [7, 11) is 2.18. The molecule has 2 aromatic carbocycles. The number of benzene rings is 2. The summed E-state index contributed by atoms with van der Waals surface area (Å²) in [6.45, 7) is 6.54. The Hall–Kier alpha value is -2.08. The summed E-state index contributed by atoms with van der Waals surface area (Å²) in [6.07, 6.45) is 0. The molecule has 0 spiro atoms. The molecule has 0 atom stereocenters. The van der Waals surface area contributed by atoms with Crippen LogP contribution in [-0.4, -0.2) is 59.2 Å². The lowest BCUT2D eigenvalue weighted by atomic mass is 10.3. The molecule has 4 rings (SSSR count). The first-order valence-electron chi connectivity index (χ1n) is 9.43. The first-order chi connectivity index (χ1) is 13.2. The predicted molar refractivity (Wildman–Crippen MR) is 109 cm³/mol. The Kier molecular flexibility index (Phi) is 5.62. The van der Waals surface area contributed by atoms with Gasteiger partial charge in [-0.3, -0.25) is 4.90 Å². The fourth-order valence-electron chi connectivity index (χ4n) is 3.51. The molecule has 2 heterocycles. The van der Waals surface area contributed by atoms with Crippen molar-refractivity contribution >= 4 is 22.6 Å². The van der Waals surface area contributed by atoms with Crippen molar-refractivity contribution < 1.29 is 4.74 Å². The normalized spacial score (nSPS) is 16.1. The van der Waals surface area contributed by atoms with E-state index in [0.717, 1.165) is 61.9 Å². The van der Waals surface area contributed by atoms with Crippen LogP contribution in [0.5, 0.6) is 5.75 Å². The quantitative estimate of drug-likeness (QED) is 0.651. The second-order valence-electron chi connectivity index (χ2n) is 7.03. The van der Waals surface area contributed by atoms with E-state index in [1.165, 1.54) is 0 Å². The highest BCUT2D eigenvalue weighted by atomic mass is 35.5. The van der Waals surface area contributed by atoms with E-state index in [9.17, 15) is 0 Å².